The first-order valence-electron chi connectivity index (χ1n) is 11.0. The predicted molar refractivity (Wildman–Crippen MR) is 121 cm³/mol. The van der Waals surface area contributed by atoms with Gasteiger partial charge in [0.1, 0.15) is 17.5 Å². The van der Waals surface area contributed by atoms with Crippen LogP contribution >= 0.6 is 0 Å². The molecule has 2 aliphatic heterocycles. The zero-order valence-corrected chi connectivity index (χ0v) is 18.1. The van der Waals surface area contributed by atoms with E-state index in [4.69, 9.17) is 9.57 Å². The van der Waals surface area contributed by atoms with Gasteiger partial charge in [0, 0.05) is 5.56 Å². The molecule has 0 aromatic heterocycles. The zero-order valence-electron chi connectivity index (χ0n) is 18.1. The highest BCUT2D eigenvalue weighted by atomic mass is 19.1. The molecule has 5 rings (SSSR count). The van der Waals surface area contributed by atoms with Crippen molar-refractivity contribution in [3.05, 3.63) is 90.2 Å². The van der Waals surface area contributed by atoms with E-state index < -0.39 is 35.7 Å². The highest BCUT2D eigenvalue weighted by Gasteiger charge is 2.60. The van der Waals surface area contributed by atoms with Gasteiger partial charge in [0.2, 0.25) is 5.91 Å². The molecule has 168 valence electrons. The molecule has 0 saturated carbocycles. The minimum atomic E-state index is -1.04. The average Bonchev–Trinajstić information content (AvgIpc) is 3.35. The second-order valence-corrected chi connectivity index (χ2v) is 8.03. The van der Waals surface area contributed by atoms with Crippen LogP contribution in [-0.4, -0.2) is 24.5 Å². The number of hydrogen-bond donors (Lipinski definition) is 0. The maximum absolute atomic E-state index is 14.9. The van der Waals surface area contributed by atoms with Crippen molar-refractivity contribution in [3.63, 3.8) is 0 Å². The number of hydrogen-bond acceptors (Lipinski definition) is 5. The molecule has 0 spiro atoms. The van der Waals surface area contributed by atoms with Gasteiger partial charge in [0.15, 0.2) is 6.10 Å². The van der Waals surface area contributed by atoms with Crippen molar-refractivity contribution in [2.45, 2.75) is 25.5 Å². The van der Waals surface area contributed by atoms with Crippen LogP contribution < -0.4 is 14.7 Å². The molecule has 3 aromatic carbocycles. The minimum absolute atomic E-state index is 0.306. The summed E-state index contributed by atoms with van der Waals surface area (Å²) in [4.78, 5) is 34.1. The second-order valence-electron chi connectivity index (χ2n) is 8.03. The van der Waals surface area contributed by atoms with Crippen LogP contribution in [0.2, 0.25) is 0 Å². The molecule has 3 atom stereocenters. The van der Waals surface area contributed by atoms with Crippen molar-refractivity contribution in [2.24, 2.45) is 5.92 Å². The van der Waals surface area contributed by atoms with E-state index in [1.165, 1.54) is 11.1 Å². The summed E-state index contributed by atoms with van der Waals surface area (Å²) in [5, 5.41) is 1.49. The van der Waals surface area contributed by atoms with Gasteiger partial charge in [0.05, 0.1) is 24.0 Å². The third-order valence-electron chi connectivity index (χ3n) is 5.92. The monoisotopic (exact) mass is 446 g/mol. The number of benzene rings is 3. The van der Waals surface area contributed by atoms with Gasteiger partial charge in [-0.2, -0.15) is 0 Å². The molecule has 0 aliphatic carbocycles. The van der Waals surface area contributed by atoms with E-state index in [0.29, 0.717) is 29.3 Å². The lowest BCUT2D eigenvalue weighted by Gasteiger charge is -2.29. The molecule has 7 heteroatoms. The Morgan fingerprint density at radius 2 is 1.58 bits per heavy atom. The van der Waals surface area contributed by atoms with Crippen LogP contribution in [0.3, 0.4) is 0 Å². The summed E-state index contributed by atoms with van der Waals surface area (Å²) in [6, 6.07) is 21.4. The van der Waals surface area contributed by atoms with Crippen LogP contribution in [0.15, 0.2) is 78.9 Å². The number of carbonyl (C=O) groups excluding carboxylic acids is 2. The average molecular weight is 446 g/mol. The zero-order chi connectivity index (χ0) is 22.9. The number of anilines is 2. The summed E-state index contributed by atoms with van der Waals surface area (Å²) in [5.74, 6) is -1.56. The molecule has 2 fully saturated rings. The highest BCUT2D eigenvalue weighted by Crippen LogP contribution is 2.48. The Morgan fingerprint density at radius 1 is 0.879 bits per heavy atom. The van der Waals surface area contributed by atoms with Gasteiger partial charge >= 0.3 is 0 Å². The SMILES string of the molecule is CCCOc1ccc(N2C(=O)[C@H]3[C@H](ON(c4ccccc4)[C@@H]3c3ccccc3F)C2=O)cc1. The van der Waals surface area contributed by atoms with Crippen LogP contribution in [0.1, 0.15) is 24.9 Å². The van der Waals surface area contributed by atoms with Crippen molar-refractivity contribution in [2.75, 3.05) is 16.6 Å². The number of carbonyl (C=O) groups is 2. The third-order valence-corrected chi connectivity index (χ3v) is 5.92. The molecular weight excluding hydrogens is 423 g/mol. The van der Waals surface area contributed by atoms with Crippen LogP contribution in [-0.2, 0) is 14.4 Å². The maximum atomic E-state index is 14.9. The summed E-state index contributed by atoms with van der Waals surface area (Å²) >= 11 is 0. The Kier molecular flexibility index (Phi) is 5.56. The quantitative estimate of drug-likeness (QED) is 0.515. The van der Waals surface area contributed by atoms with Crippen molar-refractivity contribution in [3.8, 4) is 5.75 Å². The van der Waals surface area contributed by atoms with Gasteiger partial charge in [-0.25, -0.2) is 14.4 Å². The molecular formula is C26H23FN2O4. The minimum Gasteiger partial charge on any atom is -0.494 e. The second kappa shape index (κ2) is 8.67. The van der Waals surface area contributed by atoms with Crippen LogP contribution in [0, 0.1) is 11.7 Å². The van der Waals surface area contributed by atoms with Gasteiger partial charge in [-0.15, -0.1) is 0 Å². The first kappa shape index (κ1) is 21.2. The molecule has 2 amide bonds. The number of nitrogens with zero attached hydrogens (tertiary/aromatic N) is 2. The number of ether oxygens (including phenoxy) is 1. The van der Waals surface area contributed by atoms with Gasteiger partial charge in [0.25, 0.3) is 5.91 Å². The number of imide groups is 1. The van der Waals surface area contributed by atoms with E-state index >= 15 is 0 Å². The highest BCUT2D eigenvalue weighted by molar-refractivity contribution is 6.23. The largest absolute Gasteiger partial charge is 0.494 e. The van der Waals surface area contributed by atoms with Gasteiger partial charge in [-0.05, 0) is 48.9 Å². The first-order chi connectivity index (χ1) is 16.1. The van der Waals surface area contributed by atoms with Crippen LogP contribution in [0.25, 0.3) is 0 Å². The van der Waals surface area contributed by atoms with Gasteiger partial charge in [-0.1, -0.05) is 43.3 Å². The Balaban J connectivity index is 1.51. The fraction of sp³-hybridized carbons (Fsp3) is 0.231. The van der Waals surface area contributed by atoms with Crippen molar-refractivity contribution in [1.29, 1.82) is 0 Å². The van der Waals surface area contributed by atoms with E-state index in [9.17, 15) is 14.0 Å². The Bertz CT molecular complexity index is 1170. The summed E-state index contributed by atoms with van der Waals surface area (Å²) < 4.78 is 20.5. The number of rotatable bonds is 6. The maximum Gasteiger partial charge on any atom is 0.266 e. The first-order valence-corrected chi connectivity index (χ1v) is 11.0. The molecule has 2 heterocycles. The third kappa shape index (κ3) is 3.64. The summed E-state index contributed by atoms with van der Waals surface area (Å²) in [7, 11) is 0. The van der Waals surface area contributed by atoms with Crippen molar-refractivity contribution in [1.82, 2.24) is 0 Å². The van der Waals surface area contributed by atoms with Crippen LogP contribution in [0.4, 0.5) is 15.8 Å². The Labute approximate surface area is 191 Å². The summed E-state index contributed by atoms with van der Waals surface area (Å²) in [5.41, 5.74) is 1.38. The number of hydroxylamine groups is 1. The van der Waals surface area contributed by atoms with Crippen molar-refractivity contribution < 1.29 is 23.6 Å². The molecule has 0 N–H and O–H groups in total. The number of fused-ring (bicyclic) bond motifs is 1. The van der Waals surface area contributed by atoms with Gasteiger partial charge in [-0.3, -0.25) is 14.4 Å². The molecule has 0 bridgehead atoms. The van der Waals surface area contributed by atoms with E-state index in [1.807, 2.05) is 25.1 Å². The van der Waals surface area contributed by atoms with E-state index in [0.717, 1.165) is 11.3 Å². The van der Waals surface area contributed by atoms with Gasteiger partial charge < -0.3 is 4.74 Å². The molecule has 33 heavy (non-hydrogen) atoms. The van der Waals surface area contributed by atoms with E-state index in [-0.39, 0.29) is 0 Å². The summed E-state index contributed by atoms with van der Waals surface area (Å²) in [6.07, 6.45) is -0.167. The molecule has 0 unspecified atom stereocenters. The smallest absolute Gasteiger partial charge is 0.266 e. The predicted octanol–water partition coefficient (Wildman–Crippen LogP) is 4.67. The normalized spacial score (nSPS) is 22.1. The molecule has 0 radical (unpaired) electrons. The number of para-hydroxylation sites is 1. The molecule has 2 aliphatic rings. The lowest BCUT2D eigenvalue weighted by Crippen LogP contribution is -2.37. The van der Waals surface area contributed by atoms with E-state index in [1.54, 1.807) is 54.6 Å². The topological polar surface area (TPSA) is 59.1 Å². The van der Waals surface area contributed by atoms with E-state index in [2.05, 4.69) is 0 Å². The summed E-state index contributed by atoms with van der Waals surface area (Å²) in [6.45, 7) is 2.60. The lowest BCUT2D eigenvalue weighted by atomic mass is 9.90. The Morgan fingerprint density at radius 3 is 2.27 bits per heavy atom. The molecule has 3 aromatic rings. The fourth-order valence-electron chi connectivity index (χ4n) is 4.41. The number of halogens is 1. The van der Waals surface area contributed by atoms with Crippen molar-refractivity contribution >= 4 is 23.2 Å². The molecule has 6 nitrogen and oxygen atoms in total. The van der Waals surface area contributed by atoms with Crippen LogP contribution in [0.5, 0.6) is 5.75 Å². The molecule has 2 saturated heterocycles. The number of amides is 2. The Hall–Kier alpha value is -3.71. The standard InChI is InChI=1S/C26H23FN2O4/c1-2-16-32-19-14-12-17(13-15-19)28-25(30)22-23(20-10-6-7-11-21(20)27)29(33-24(22)26(28)31)18-8-4-3-5-9-18/h3-15,22-24H,2,16H2,1H3/t22-,23-,24+/m1/s1. The fourth-order valence-corrected chi connectivity index (χ4v) is 4.41. The lowest BCUT2D eigenvalue weighted by molar-refractivity contribution is -0.126.